The molecule has 0 aromatic rings. The van der Waals surface area contributed by atoms with Crippen molar-refractivity contribution in [2.24, 2.45) is 0 Å². The van der Waals surface area contributed by atoms with E-state index >= 15 is 0 Å². The molecule has 1 saturated heterocycles. The van der Waals surface area contributed by atoms with Gasteiger partial charge in [-0.2, -0.15) is 0 Å². The number of fused-ring (bicyclic) bond motifs is 1. The van der Waals surface area contributed by atoms with Gasteiger partial charge in [-0.25, -0.2) is 0 Å². The van der Waals surface area contributed by atoms with Gasteiger partial charge in [0.15, 0.2) is 0 Å². The summed E-state index contributed by atoms with van der Waals surface area (Å²) in [4.78, 5) is 2.35. The van der Waals surface area contributed by atoms with Crippen LogP contribution in [0, 0.1) is 0 Å². The normalized spacial score (nSPS) is 41.4. The van der Waals surface area contributed by atoms with Crippen LogP contribution in [0.4, 0.5) is 0 Å². The van der Waals surface area contributed by atoms with Crippen LogP contribution in [0.3, 0.4) is 0 Å². The van der Waals surface area contributed by atoms with Crippen molar-refractivity contribution in [2.75, 3.05) is 20.8 Å². The summed E-state index contributed by atoms with van der Waals surface area (Å²) in [6, 6.07) is 0.965. The fourth-order valence-electron chi connectivity index (χ4n) is 2.18. The lowest BCUT2D eigenvalue weighted by atomic mass is 10.2. The molecule has 12 heavy (non-hydrogen) atoms. The lowest BCUT2D eigenvalue weighted by molar-refractivity contribution is -0.173. The number of hydrogen-bond donors (Lipinski definition) is 0. The molecule has 3 heteroatoms. The molecule has 1 aliphatic heterocycles. The van der Waals surface area contributed by atoms with Gasteiger partial charge < -0.3 is 9.47 Å². The molecule has 2 rings (SSSR count). The van der Waals surface area contributed by atoms with Crippen molar-refractivity contribution in [3.05, 3.63) is 12.2 Å². The minimum Gasteiger partial charge on any atom is -0.348 e. The van der Waals surface area contributed by atoms with Gasteiger partial charge in [0, 0.05) is 20.3 Å². The predicted molar refractivity (Wildman–Crippen MR) is 45.8 cm³/mol. The van der Waals surface area contributed by atoms with E-state index in [0.29, 0.717) is 12.1 Å². The standard InChI is InChI=1S/C9H15NO2/c1-4-10-7-5-6-9(11-2,12-3)8(7)10/h5-8H,4H2,1-3H3. The van der Waals surface area contributed by atoms with Crippen molar-refractivity contribution < 1.29 is 9.47 Å². The van der Waals surface area contributed by atoms with Crippen LogP contribution in [0.5, 0.6) is 0 Å². The van der Waals surface area contributed by atoms with Crippen LogP contribution < -0.4 is 0 Å². The van der Waals surface area contributed by atoms with E-state index in [0.717, 1.165) is 6.54 Å². The second kappa shape index (κ2) is 2.55. The highest BCUT2D eigenvalue weighted by Crippen LogP contribution is 2.45. The van der Waals surface area contributed by atoms with Gasteiger partial charge in [0.25, 0.3) is 0 Å². The van der Waals surface area contributed by atoms with Gasteiger partial charge in [-0.3, -0.25) is 4.90 Å². The van der Waals surface area contributed by atoms with Gasteiger partial charge in [0.05, 0.1) is 6.04 Å². The molecule has 3 nitrogen and oxygen atoms in total. The Bertz CT molecular complexity index is 211. The molecule has 0 bridgehead atoms. The fraction of sp³-hybridized carbons (Fsp3) is 0.778. The summed E-state index contributed by atoms with van der Waals surface area (Å²) in [7, 11) is 3.39. The molecule has 3 unspecified atom stereocenters. The first-order valence-corrected chi connectivity index (χ1v) is 4.34. The second-order valence-corrected chi connectivity index (χ2v) is 3.25. The van der Waals surface area contributed by atoms with E-state index in [4.69, 9.17) is 9.47 Å². The monoisotopic (exact) mass is 169 g/mol. The summed E-state index contributed by atoms with van der Waals surface area (Å²) in [5.41, 5.74) is 0. The van der Waals surface area contributed by atoms with Crippen LogP contribution in [-0.4, -0.2) is 43.5 Å². The Morgan fingerprint density at radius 1 is 1.42 bits per heavy atom. The zero-order chi connectivity index (χ0) is 8.77. The van der Waals surface area contributed by atoms with E-state index < -0.39 is 5.79 Å². The Morgan fingerprint density at radius 3 is 2.50 bits per heavy atom. The summed E-state index contributed by atoms with van der Waals surface area (Å²) in [6.45, 7) is 3.22. The average Bonchev–Trinajstić information content (AvgIpc) is 2.72. The Hall–Kier alpha value is -0.380. The first-order chi connectivity index (χ1) is 5.79. The minimum atomic E-state index is -0.472. The molecule has 0 N–H and O–H groups in total. The number of hydrogen-bond acceptors (Lipinski definition) is 3. The number of methoxy groups -OCH3 is 2. The minimum absolute atomic E-state index is 0.414. The van der Waals surface area contributed by atoms with Crippen LogP contribution in [0.25, 0.3) is 0 Å². The molecule has 3 atom stereocenters. The van der Waals surface area contributed by atoms with Crippen molar-refractivity contribution >= 4 is 0 Å². The number of rotatable bonds is 3. The molecule has 0 saturated carbocycles. The van der Waals surface area contributed by atoms with Crippen LogP contribution in [0.15, 0.2) is 12.2 Å². The maximum absolute atomic E-state index is 5.38. The molecule has 0 amide bonds. The van der Waals surface area contributed by atoms with E-state index in [9.17, 15) is 0 Å². The average molecular weight is 169 g/mol. The van der Waals surface area contributed by atoms with Crippen molar-refractivity contribution in [3.63, 3.8) is 0 Å². The largest absolute Gasteiger partial charge is 0.348 e. The number of likely N-dealkylation sites (N-methyl/N-ethyl adjacent to an activating group) is 1. The molecule has 68 valence electrons. The highest BCUT2D eigenvalue weighted by Gasteiger charge is 2.61. The lowest BCUT2D eigenvalue weighted by Gasteiger charge is -2.26. The molecular weight excluding hydrogens is 154 g/mol. The van der Waals surface area contributed by atoms with Gasteiger partial charge in [-0.15, -0.1) is 0 Å². The third-order valence-electron chi connectivity index (χ3n) is 2.92. The van der Waals surface area contributed by atoms with Crippen LogP contribution in [-0.2, 0) is 9.47 Å². The van der Waals surface area contributed by atoms with Gasteiger partial charge in [-0.1, -0.05) is 13.0 Å². The summed E-state index contributed by atoms with van der Waals surface area (Å²) in [6.07, 6.45) is 4.19. The molecule has 0 aromatic carbocycles. The van der Waals surface area contributed by atoms with E-state index in [1.807, 2.05) is 6.08 Å². The van der Waals surface area contributed by atoms with Crippen molar-refractivity contribution in [1.82, 2.24) is 4.90 Å². The number of nitrogens with zero attached hydrogens (tertiary/aromatic N) is 1. The van der Waals surface area contributed by atoms with E-state index in [1.165, 1.54) is 0 Å². The third kappa shape index (κ3) is 0.815. The Labute approximate surface area is 72.9 Å². The first-order valence-electron chi connectivity index (χ1n) is 4.34. The summed E-state index contributed by atoms with van der Waals surface area (Å²) < 4.78 is 10.8. The molecule has 0 radical (unpaired) electrons. The molecule has 1 heterocycles. The Morgan fingerprint density at radius 2 is 2.08 bits per heavy atom. The van der Waals surface area contributed by atoms with Gasteiger partial charge >= 0.3 is 0 Å². The summed E-state index contributed by atoms with van der Waals surface area (Å²) in [5.74, 6) is -0.472. The third-order valence-corrected chi connectivity index (χ3v) is 2.92. The Balaban J connectivity index is 2.15. The second-order valence-electron chi connectivity index (χ2n) is 3.25. The van der Waals surface area contributed by atoms with Crippen LogP contribution in [0.2, 0.25) is 0 Å². The molecule has 0 spiro atoms. The predicted octanol–water partition coefficient (Wildman–Crippen LogP) is 0.618. The zero-order valence-electron chi connectivity index (χ0n) is 7.78. The van der Waals surface area contributed by atoms with Crippen LogP contribution in [0.1, 0.15) is 6.92 Å². The zero-order valence-corrected chi connectivity index (χ0v) is 7.78. The van der Waals surface area contributed by atoms with Crippen molar-refractivity contribution in [3.8, 4) is 0 Å². The fourth-order valence-corrected chi connectivity index (χ4v) is 2.18. The van der Waals surface area contributed by atoms with Gasteiger partial charge in [-0.05, 0) is 12.6 Å². The topological polar surface area (TPSA) is 21.5 Å². The Kier molecular flexibility index (Phi) is 1.75. The molecule has 1 aliphatic carbocycles. The van der Waals surface area contributed by atoms with E-state index in [-0.39, 0.29) is 0 Å². The van der Waals surface area contributed by atoms with Crippen molar-refractivity contribution in [2.45, 2.75) is 24.8 Å². The maximum atomic E-state index is 5.38. The quantitative estimate of drug-likeness (QED) is 0.351. The molecular formula is C9H15NO2. The molecule has 1 fully saturated rings. The summed E-state index contributed by atoms with van der Waals surface area (Å²) in [5, 5.41) is 0. The lowest BCUT2D eigenvalue weighted by Crippen LogP contribution is -2.38. The SMILES string of the molecule is CCN1C2C=CC(OC)(OC)C21. The van der Waals surface area contributed by atoms with Crippen LogP contribution >= 0.6 is 0 Å². The summed E-state index contributed by atoms with van der Waals surface area (Å²) >= 11 is 0. The van der Waals surface area contributed by atoms with Gasteiger partial charge in [0.1, 0.15) is 0 Å². The highest BCUT2D eigenvalue weighted by atomic mass is 16.7. The smallest absolute Gasteiger partial charge is 0.205 e. The highest BCUT2D eigenvalue weighted by molar-refractivity contribution is 5.31. The molecule has 0 aromatic heterocycles. The maximum Gasteiger partial charge on any atom is 0.205 e. The van der Waals surface area contributed by atoms with E-state index in [2.05, 4.69) is 17.9 Å². The first kappa shape index (κ1) is 8.23. The van der Waals surface area contributed by atoms with Gasteiger partial charge in [0.2, 0.25) is 5.79 Å². The van der Waals surface area contributed by atoms with Crippen molar-refractivity contribution in [1.29, 1.82) is 0 Å². The van der Waals surface area contributed by atoms with E-state index in [1.54, 1.807) is 14.2 Å². The number of ether oxygens (including phenoxy) is 2. The molecule has 2 aliphatic rings.